The van der Waals surface area contributed by atoms with Crippen molar-refractivity contribution in [3.63, 3.8) is 0 Å². The summed E-state index contributed by atoms with van der Waals surface area (Å²) in [5.74, 6) is 1.73. The lowest BCUT2D eigenvalue weighted by atomic mass is 10.3. The first-order chi connectivity index (χ1) is 8.88. The minimum Gasteiger partial charge on any atom is -0.489 e. The summed E-state index contributed by atoms with van der Waals surface area (Å²) < 4.78 is 7.25. The molecule has 1 aromatic carbocycles. The molecule has 1 N–H and O–H groups in total. The highest BCUT2D eigenvalue weighted by molar-refractivity contribution is 7.18. The second-order valence-electron chi connectivity index (χ2n) is 5.19. The van der Waals surface area contributed by atoms with E-state index in [2.05, 4.69) is 23.5 Å². The zero-order valence-corrected chi connectivity index (χ0v) is 11.0. The van der Waals surface area contributed by atoms with Gasteiger partial charge in [-0.25, -0.2) is 4.98 Å². The highest BCUT2D eigenvalue weighted by Crippen LogP contribution is 2.43. The number of nitrogens with one attached hydrogen (secondary N) is 1. The van der Waals surface area contributed by atoms with Crippen LogP contribution < -0.4 is 10.1 Å². The zero-order valence-electron chi connectivity index (χ0n) is 10.2. The van der Waals surface area contributed by atoms with Crippen molar-refractivity contribution in [1.82, 2.24) is 10.3 Å². The van der Waals surface area contributed by atoms with E-state index in [0.29, 0.717) is 6.10 Å². The molecule has 3 nitrogen and oxygen atoms in total. The summed E-state index contributed by atoms with van der Waals surface area (Å²) >= 11 is 1.83. The van der Waals surface area contributed by atoms with Crippen LogP contribution in [0, 0.1) is 0 Å². The van der Waals surface area contributed by atoms with Crippen LogP contribution in [-0.4, -0.2) is 24.2 Å². The van der Waals surface area contributed by atoms with Gasteiger partial charge in [0.25, 0.3) is 0 Å². The minimum absolute atomic E-state index is 0.332. The second kappa shape index (κ2) is 4.21. The number of nitrogens with zero attached hydrogens (tertiary/aromatic N) is 1. The molecule has 4 rings (SSSR count). The smallest absolute Gasteiger partial charge is 0.121 e. The number of fused-ring (bicyclic) bond motifs is 1. The first kappa shape index (κ1) is 10.8. The first-order valence-corrected chi connectivity index (χ1v) is 7.48. The summed E-state index contributed by atoms with van der Waals surface area (Å²) in [7, 11) is 0. The van der Waals surface area contributed by atoms with Crippen LogP contribution >= 0.6 is 11.3 Å². The number of ether oxygens (including phenoxy) is 1. The van der Waals surface area contributed by atoms with Crippen molar-refractivity contribution in [1.29, 1.82) is 0 Å². The van der Waals surface area contributed by atoms with E-state index >= 15 is 0 Å². The standard InChI is InChI=1S/C14H16N2OS/c1-2-9(1)14-16-12-4-3-10(7-13(12)18-14)17-11-5-6-15-8-11/h3-4,7,9,11,15H,1-2,5-6,8H2. The normalized spacial score (nSPS) is 23.7. The number of hydrogen-bond donors (Lipinski definition) is 1. The lowest BCUT2D eigenvalue weighted by Gasteiger charge is -2.11. The molecule has 1 aliphatic heterocycles. The quantitative estimate of drug-likeness (QED) is 0.921. The molecule has 2 aromatic rings. The molecule has 0 radical (unpaired) electrons. The predicted octanol–water partition coefficient (Wildman–Crippen LogP) is 2.91. The second-order valence-corrected chi connectivity index (χ2v) is 6.25. The van der Waals surface area contributed by atoms with Gasteiger partial charge in [0, 0.05) is 12.5 Å². The van der Waals surface area contributed by atoms with Crippen molar-refractivity contribution >= 4 is 21.6 Å². The molecule has 1 atom stereocenters. The Kier molecular flexibility index (Phi) is 2.52. The number of thiazole rings is 1. The van der Waals surface area contributed by atoms with Crippen molar-refractivity contribution in [2.24, 2.45) is 0 Å². The van der Waals surface area contributed by atoms with Crippen molar-refractivity contribution in [3.8, 4) is 5.75 Å². The predicted molar refractivity (Wildman–Crippen MR) is 73.5 cm³/mol. The molecule has 1 saturated heterocycles. The number of hydrogen-bond acceptors (Lipinski definition) is 4. The van der Waals surface area contributed by atoms with E-state index in [1.165, 1.54) is 22.5 Å². The fourth-order valence-electron chi connectivity index (χ4n) is 2.42. The SMILES string of the molecule is c1cc2nc(C3CC3)sc2cc1OC1CCNC1. The van der Waals surface area contributed by atoms with E-state index in [9.17, 15) is 0 Å². The van der Waals surface area contributed by atoms with Gasteiger partial charge in [-0.05, 0) is 44.0 Å². The third kappa shape index (κ3) is 1.99. The average molecular weight is 260 g/mol. The van der Waals surface area contributed by atoms with Crippen LogP contribution in [0.4, 0.5) is 0 Å². The number of benzene rings is 1. The van der Waals surface area contributed by atoms with Gasteiger partial charge in [-0.3, -0.25) is 0 Å². The topological polar surface area (TPSA) is 34.1 Å². The van der Waals surface area contributed by atoms with E-state index in [1.54, 1.807) is 0 Å². The number of aromatic nitrogens is 1. The van der Waals surface area contributed by atoms with Crippen LogP contribution in [0.2, 0.25) is 0 Å². The van der Waals surface area contributed by atoms with E-state index in [4.69, 9.17) is 9.72 Å². The Morgan fingerprint density at radius 3 is 3.00 bits per heavy atom. The van der Waals surface area contributed by atoms with Gasteiger partial charge in [-0.15, -0.1) is 11.3 Å². The molecule has 0 bridgehead atoms. The average Bonchev–Trinajstić information content (AvgIpc) is 2.95. The van der Waals surface area contributed by atoms with Crippen LogP contribution in [0.3, 0.4) is 0 Å². The highest BCUT2D eigenvalue weighted by Gasteiger charge is 2.27. The van der Waals surface area contributed by atoms with Crippen LogP contribution in [0.15, 0.2) is 18.2 Å². The number of rotatable bonds is 3. The van der Waals surface area contributed by atoms with Crippen molar-refractivity contribution in [2.75, 3.05) is 13.1 Å². The molecule has 2 aliphatic rings. The molecule has 18 heavy (non-hydrogen) atoms. The summed E-state index contributed by atoms with van der Waals surface area (Å²) in [6.45, 7) is 2.04. The fraction of sp³-hybridized carbons (Fsp3) is 0.500. The lowest BCUT2D eigenvalue weighted by molar-refractivity contribution is 0.223. The Morgan fingerprint density at radius 1 is 1.28 bits per heavy atom. The van der Waals surface area contributed by atoms with Gasteiger partial charge < -0.3 is 10.1 Å². The van der Waals surface area contributed by atoms with Gasteiger partial charge in [0.05, 0.1) is 15.2 Å². The molecular weight excluding hydrogens is 244 g/mol. The molecular formula is C14H16N2OS. The molecule has 4 heteroatoms. The monoisotopic (exact) mass is 260 g/mol. The highest BCUT2D eigenvalue weighted by atomic mass is 32.1. The molecule has 1 aromatic heterocycles. The largest absolute Gasteiger partial charge is 0.489 e. The minimum atomic E-state index is 0.332. The van der Waals surface area contributed by atoms with Gasteiger partial charge in [-0.1, -0.05) is 0 Å². The molecule has 94 valence electrons. The Balaban J connectivity index is 1.61. The summed E-state index contributed by atoms with van der Waals surface area (Å²) in [5, 5.41) is 4.63. The van der Waals surface area contributed by atoms with Crippen molar-refractivity contribution in [3.05, 3.63) is 23.2 Å². The Morgan fingerprint density at radius 2 is 2.22 bits per heavy atom. The van der Waals surface area contributed by atoms with Gasteiger partial charge in [-0.2, -0.15) is 0 Å². The fourth-order valence-corrected chi connectivity index (χ4v) is 3.59. The van der Waals surface area contributed by atoms with Crippen molar-refractivity contribution in [2.45, 2.75) is 31.3 Å². The van der Waals surface area contributed by atoms with Crippen LogP contribution in [0.5, 0.6) is 5.75 Å². The van der Waals surface area contributed by atoms with Gasteiger partial charge in [0.2, 0.25) is 0 Å². The van der Waals surface area contributed by atoms with Gasteiger partial charge in [0.1, 0.15) is 11.9 Å². The molecule has 0 spiro atoms. The maximum Gasteiger partial charge on any atom is 0.121 e. The van der Waals surface area contributed by atoms with E-state index in [0.717, 1.165) is 36.7 Å². The zero-order chi connectivity index (χ0) is 11.9. The molecule has 1 aliphatic carbocycles. The van der Waals surface area contributed by atoms with Crippen molar-refractivity contribution < 1.29 is 4.74 Å². The van der Waals surface area contributed by atoms with Crippen LogP contribution in [0.1, 0.15) is 30.2 Å². The van der Waals surface area contributed by atoms with Crippen LogP contribution in [0.25, 0.3) is 10.2 Å². The summed E-state index contributed by atoms with van der Waals surface area (Å²) in [6, 6.07) is 6.30. The summed E-state index contributed by atoms with van der Waals surface area (Å²) in [6.07, 6.45) is 4.07. The van der Waals surface area contributed by atoms with E-state index in [1.807, 2.05) is 11.3 Å². The van der Waals surface area contributed by atoms with Crippen LogP contribution in [-0.2, 0) is 0 Å². The van der Waals surface area contributed by atoms with Gasteiger partial charge >= 0.3 is 0 Å². The maximum atomic E-state index is 5.99. The van der Waals surface area contributed by atoms with E-state index in [-0.39, 0.29) is 0 Å². The third-order valence-electron chi connectivity index (χ3n) is 3.62. The molecule has 0 amide bonds. The Labute approximate surface area is 110 Å². The maximum absolute atomic E-state index is 5.99. The molecule has 2 fully saturated rings. The van der Waals surface area contributed by atoms with Gasteiger partial charge in [0.15, 0.2) is 0 Å². The third-order valence-corrected chi connectivity index (χ3v) is 4.80. The molecule has 1 saturated carbocycles. The summed E-state index contributed by atoms with van der Waals surface area (Å²) in [5.41, 5.74) is 1.12. The first-order valence-electron chi connectivity index (χ1n) is 6.66. The lowest BCUT2D eigenvalue weighted by Crippen LogP contribution is -2.19. The van der Waals surface area contributed by atoms with E-state index < -0.39 is 0 Å². The summed E-state index contributed by atoms with van der Waals surface area (Å²) in [4.78, 5) is 4.70. The Hall–Kier alpha value is -1.13. The molecule has 2 heterocycles. The Bertz CT molecular complexity index is 570. The molecule has 1 unspecified atom stereocenters.